The van der Waals surface area contributed by atoms with Gasteiger partial charge in [-0.2, -0.15) is 0 Å². The smallest absolute Gasteiger partial charge is 0.290 e. The molecule has 0 radical (unpaired) electrons. The highest BCUT2D eigenvalue weighted by atomic mass is 35.5. The van der Waals surface area contributed by atoms with Gasteiger partial charge in [-0.3, -0.25) is 9.59 Å². The number of hydrogen-bond donors (Lipinski definition) is 0. The molecule has 7 nitrogen and oxygen atoms in total. The third kappa shape index (κ3) is 5.44. The normalized spacial score (nSPS) is 14.2. The van der Waals surface area contributed by atoms with Crippen LogP contribution in [0.4, 0.5) is 0 Å². The summed E-state index contributed by atoms with van der Waals surface area (Å²) < 4.78 is 23.2. The molecule has 1 amide bonds. The number of benzene rings is 4. The van der Waals surface area contributed by atoms with Gasteiger partial charge in [-0.1, -0.05) is 60.1 Å². The number of aryl methyl sites for hydroxylation is 1. The third-order valence-electron chi connectivity index (χ3n) is 7.79. The fraction of sp³-hybridized carbons (Fsp3) is 0.200. The Kier molecular flexibility index (Phi) is 7.82. The summed E-state index contributed by atoms with van der Waals surface area (Å²) in [7, 11) is 3.19. The summed E-state index contributed by atoms with van der Waals surface area (Å²) in [4.78, 5) is 29.6. The van der Waals surface area contributed by atoms with Crippen molar-refractivity contribution in [3.63, 3.8) is 0 Å². The summed E-state index contributed by atoms with van der Waals surface area (Å²) in [5.41, 5.74) is 3.84. The number of fused-ring (bicyclic) bond motifs is 2. The second-order valence-corrected chi connectivity index (χ2v) is 10.9. The van der Waals surface area contributed by atoms with Gasteiger partial charge < -0.3 is 23.5 Å². The number of carbonyl (C=O) groups excluding carboxylic acids is 1. The number of nitrogens with zero attached hydrogens (tertiary/aromatic N) is 1. The molecule has 0 fully saturated rings. The van der Waals surface area contributed by atoms with Gasteiger partial charge in [0.15, 0.2) is 16.9 Å². The van der Waals surface area contributed by atoms with Crippen molar-refractivity contribution in [3.05, 3.63) is 134 Å². The Balaban J connectivity index is 1.41. The molecular weight excluding hydrogens is 566 g/mol. The summed E-state index contributed by atoms with van der Waals surface area (Å²) in [6, 6.07) is 25.6. The van der Waals surface area contributed by atoms with E-state index in [1.54, 1.807) is 31.3 Å². The molecule has 218 valence electrons. The number of ether oxygens (including phenoxy) is 3. The molecule has 8 heteroatoms. The minimum absolute atomic E-state index is 0.0438. The predicted octanol–water partition coefficient (Wildman–Crippen LogP) is 7.14. The summed E-state index contributed by atoms with van der Waals surface area (Å²) in [5, 5.41) is 0.789. The monoisotopic (exact) mass is 595 g/mol. The first-order valence-electron chi connectivity index (χ1n) is 13.9. The topological polar surface area (TPSA) is 78.2 Å². The molecule has 0 N–H and O–H groups in total. The first-order chi connectivity index (χ1) is 20.9. The van der Waals surface area contributed by atoms with Crippen LogP contribution in [-0.4, -0.2) is 31.6 Å². The SMILES string of the molecule is COc1ccc(CCN2C(=O)c3oc4cc(C)c(Cl)cc4c(=O)c3C2c2ccc(OCc3ccccc3)c(OC)c2)cc1. The maximum Gasteiger partial charge on any atom is 0.290 e. The van der Waals surface area contributed by atoms with E-state index in [-0.39, 0.29) is 22.7 Å². The van der Waals surface area contributed by atoms with Crippen LogP contribution in [0, 0.1) is 6.92 Å². The van der Waals surface area contributed by atoms with Gasteiger partial charge in [-0.15, -0.1) is 0 Å². The Bertz CT molecular complexity index is 1870. The van der Waals surface area contributed by atoms with Crippen LogP contribution in [0.15, 0.2) is 94.1 Å². The van der Waals surface area contributed by atoms with E-state index in [0.29, 0.717) is 52.6 Å². The van der Waals surface area contributed by atoms with Crippen LogP contribution < -0.4 is 19.6 Å². The van der Waals surface area contributed by atoms with E-state index in [9.17, 15) is 9.59 Å². The minimum Gasteiger partial charge on any atom is -0.497 e. The number of methoxy groups -OCH3 is 2. The third-order valence-corrected chi connectivity index (χ3v) is 8.20. The van der Waals surface area contributed by atoms with Crippen LogP contribution in [0.1, 0.15) is 44.4 Å². The molecule has 1 unspecified atom stereocenters. The lowest BCUT2D eigenvalue weighted by molar-refractivity contribution is 0.0730. The van der Waals surface area contributed by atoms with Crippen LogP contribution in [-0.2, 0) is 13.0 Å². The van der Waals surface area contributed by atoms with Crippen LogP contribution in [0.3, 0.4) is 0 Å². The highest BCUT2D eigenvalue weighted by molar-refractivity contribution is 6.32. The lowest BCUT2D eigenvalue weighted by Gasteiger charge is -2.26. The van der Waals surface area contributed by atoms with Gasteiger partial charge >= 0.3 is 0 Å². The standard InChI is InChI=1S/C35H30ClNO6/c1-21-17-29-26(19-27(21)36)33(38)31-32(24-11-14-28(30(18-24)41-3)42-20-23-7-5-4-6-8-23)37(35(39)34(31)43-29)16-15-22-9-12-25(40-2)13-10-22/h4-14,17-19,32H,15-16,20H2,1-3H3. The fourth-order valence-corrected chi connectivity index (χ4v) is 5.63. The lowest BCUT2D eigenvalue weighted by atomic mass is 9.97. The van der Waals surface area contributed by atoms with Crippen LogP contribution >= 0.6 is 11.6 Å². The minimum atomic E-state index is -0.696. The molecule has 1 atom stereocenters. The molecular formula is C35H30ClNO6. The molecule has 0 spiro atoms. The van der Waals surface area contributed by atoms with Gasteiger partial charge in [-0.05, 0) is 72.0 Å². The van der Waals surface area contributed by atoms with E-state index in [2.05, 4.69) is 0 Å². The van der Waals surface area contributed by atoms with Crippen molar-refractivity contribution in [1.29, 1.82) is 0 Å². The zero-order valence-corrected chi connectivity index (χ0v) is 24.8. The summed E-state index contributed by atoms with van der Waals surface area (Å²) in [6.45, 7) is 2.55. The number of amides is 1. The Morgan fingerprint density at radius 1 is 0.860 bits per heavy atom. The zero-order valence-electron chi connectivity index (χ0n) is 24.1. The first-order valence-corrected chi connectivity index (χ1v) is 14.3. The Labute approximate surface area is 254 Å². The number of hydrogen-bond acceptors (Lipinski definition) is 6. The van der Waals surface area contributed by atoms with E-state index in [0.717, 1.165) is 22.4 Å². The molecule has 1 aliphatic heterocycles. The second kappa shape index (κ2) is 11.9. The van der Waals surface area contributed by atoms with Crippen molar-refractivity contribution in [2.75, 3.05) is 20.8 Å². The van der Waals surface area contributed by atoms with Gasteiger partial charge in [0.05, 0.1) is 31.2 Å². The van der Waals surface area contributed by atoms with Crippen molar-refractivity contribution in [2.24, 2.45) is 0 Å². The molecule has 0 bridgehead atoms. The highest BCUT2D eigenvalue weighted by Crippen LogP contribution is 2.41. The van der Waals surface area contributed by atoms with Crippen LogP contribution in [0.25, 0.3) is 11.0 Å². The number of halogens is 1. The maximum absolute atomic E-state index is 14.0. The van der Waals surface area contributed by atoms with Gasteiger partial charge in [0.25, 0.3) is 5.91 Å². The summed E-state index contributed by atoms with van der Waals surface area (Å²) >= 11 is 6.39. The number of rotatable bonds is 9. The van der Waals surface area contributed by atoms with Crippen LogP contribution in [0.5, 0.6) is 17.2 Å². The number of carbonyl (C=O) groups is 1. The lowest BCUT2D eigenvalue weighted by Crippen LogP contribution is -2.31. The van der Waals surface area contributed by atoms with E-state index >= 15 is 0 Å². The van der Waals surface area contributed by atoms with Gasteiger partial charge in [0, 0.05) is 11.6 Å². The Morgan fingerprint density at radius 3 is 2.35 bits per heavy atom. The molecule has 4 aromatic carbocycles. The molecule has 1 aliphatic rings. The summed E-state index contributed by atoms with van der Waals surface area (Å²) in [6.07, 6.45) is 0.564. The Hall–Kier alpha value is -4.75. The van der Waals surface area contributed by atoms with Crippen molar-refractivity contribution in [1.82, 2.24) is 4.90 Å². The average molecular weight is 596 g/mol. The van der Waals surface area contributed by atoms with Crippen molar-refractivity contribution in [2.45, 2.75) is 26.0 Å². The first kappa shape index (κ1) is 28.4. The van der Waals surface area contributed by atoms with E-state index in [4.69, 9.17) is 30.2 Å². The van der Waals surface area contributed by atoms with Gasteiger partial charge in [0.2, 0.25) is 5.76 Å². The predicted molar refractivity (Wildman–Crippen MR) is 166 cm³/mol. The molecule has 2 heterocycles. The molecule has 6 rings (SSSR count). The van der Waals surface area contributed by atoms with Gasteiger partial charge in [-0.25, -0.2) is 0 Å². The van der Waals surface area contributed by atoms with Crippen molar-refractivity contribution < 1.29 is 23.4 Å². The molecule has 0 saturated carbocycles. The van der Waals surface area contributed by atoms with E-state index in [1.807, 2.05) is 79.7 Å². The molecule has 0 aliphatic carbocycles. The average Bonchev–Trinajstić information content (AvgIpc) is 3.31. The largest absolute Gasteiger partial charge is 0.497 e. The van der Waals surface area contributed by atoms with E-state index < -0.39 is 6.04 Å². The van der Waals surface area contributed by atoms with Crippen LogP contribution in [0.2, 0.25) is 5.02 Å². The maximum atomic E-state index is 14.0. The second-order valence-electron chi connectivity index (χ2n) is 10.5. The molecule has 43 heavy (non-hydrogen) atoms. The van der Waals surface area contributed by atoms with Crippen molar-refractivity contribution in [3.8, 4) is 17.2 Å². The molecule has 1 aromatic heterocycles. The van der Waals surface area contributed by atoms with E-state index in [1.165, 1.54) is 0 Å². The van der Waals surface area contributed by atoms with Gasteiger partial charge in [0.1, 0.15) is 17.9 Å². The summed E-state index contributed by atoms with van der Waals surface area (Å²) in [5.74, 6) is 1.50. The Morgan fingerprint density at radius 2 is 1.63 bits per heavy atom. The highest BCUT2D eigenvalue weighted by Gasteiger charge is 2.43. The van der Waals surface area contributed by atoms with Crippen molar-refractivity contribution >= 4 is 28.5 Å². The zero-order chi connectivity index (χ0) is 30.1. The molecule has 0 saturated heterocycles. The fourth-order valence-electron chi connectivity index (χ4n) is 5.47. The molecule has 5 aromatic rings. The quantitative estimate of drug-likeness (QED) is 0.180.